The first kappa shape index (κ1) is 10.8. The number of rotatable bonds is 2. The Morgan fingerprint density at radius 3 is 2.59 bits per heavy atom. The fourth-order valence-electron chi connectivity index (χ4n) is 3.15. The minimum absolute atomic E-state index is 0.282. The SMILES string of the molecule is Cc1cccc(N(C)C(=O)C2CC3CC3C2)c1. The van der Waals surface area contributed by atoms with Crippen LogP contribution in [0.2, 0.25) is 0 Å². The first-order valence-corrected chi connectivity index (χ1v) is 6.49. The quantitative estimate of drug-likeness (QED) is 0.763. The van der Waals surface area contributed by atoms with Gasteiger partial charge in [0.25, 0.3) is 0 Å². The highest BCUT2D eigenvalue weighted by atomic mass is 16.2. The predicted molar refractivity (Wildman–Crippen MR) is 68.9 cm³/mol. The summed E-state index contributed by atoms with van der Waals surface area (Å²) in [4.78, 5) is 14.2. The number of carbonyl (C=O) groups is 1. The second kappa shape index (κ2) is 3.86. The maximum Gasteiger partial charge on any atom is 0.229 e. The number of fused-ring (bicyclic) bond motifs is 1. The lowest BCUT2D eigenvalue weighted by Gasteiger charge is -2.22. The van der Waals surface area contributed by atoms with Crippen LogP contribution in [0.25, 0.3) is 0 Å². The Morgan fingerprint density at radius 2 is 1.94 bits per heavy atom. The van der Waals surface area contributed by atoms with E-state index < -0.39 is 0 Å². The zero-order valence-corrected chi connectivity index (χ0v) is 10.5. The summed E-state index contributed by atoms with van der Waals surface area (Å²) in [7, 11) is 1.90. The highest BCUT2D eigenvalue weighted by Crippen LogP contribution is 2.54. The fraction of sp³-hybridized carbons (Fsp3) is 0.533. The molecule has 2 aliphatic rings. The summed E-state index contributed by atoms with van der Waals surface area (Å²) in [6.45, 7) is 2.06. The van der Waals surface area contributed by atoms with Crippen molar-refractivity contribution in [2.45, 2.75) is 26.2 Å². The van der Waals surface area contributed by atoms with Crippen LogP contribution >= 0.6 is 0 Å². The molecule has 2 fully saturated rings. The molecule has 1 amide bonds. The van der Waals surface area contributed by atoms with Crippen molar-refractivity contribution in [1.82, 2.24) is 0 Å². The van der Waals surface area contributed by atoms with E-state index in [2.05, 4.69) is 19.1 Å². The van der Waals surface area contributed by atoms with Crippen LogP contribution in [0.4, 0.5) is 5.69 Å². The van der Waals surface area contributed by atoms with Crippen molar-refractivity contribution in [3.05, 3.63) is 29.8 Å². The lowest BCUT2D eigenvalue weighted by Crippen LogP contribution is -2.32. The summed E-state index contributed by atoms with van der Waals surface area (Å²) in [6, 6.07) is 8.17. The predicted octanol–water partition coefficient (Wildman–Crippen LogP) is 3.00. The van der Waals surface area contributed by atoms with Crippen molar-refractivity contribution in [2.24, 2.45) is 17.8 Å². The topological polar surface area (TPSA) is 20.3 Å². The molecule has 0 spiro atoms. The van der Waals surface area contributed by atoms with Crippen molar-refractivity contribution < 1.29 is 4.79 Å². The number of hydrogen-bond acceptors (Lipinski definition) is 1. The molecule has 0 N–H and O–H groups in total. The second-order valence-corrected chi connectivity index (χ2v) is 5.66. The third kappa shape index (κ3) is 1.97. The number of benzene rings is 1. The monoisotopic (exact) mass is 229 g/mol. The Morgan fingerprint density at radius 1 is 1.24 bits per heavy atom. The Labute approximate surface area is 103 Å². The van der Waals surface area contributed by atoms with Gasteiger partial charge in [-0.1, -0.05) is 12.1 Å². The van der Waals surface area contributed by atoms with E-state index in [0.717, 1.165) is 30.4 Å². The van der Waals surface area contributed by atoms with Gasteiger partial charge < -0.3 is 4.90 Å². The summed E-state index contributed by atoms with van der Waals surface area (Å²) in [5.74, 6) is 2.33. The van der Waals surface area contributed by atoms with Crippen LogP contribution in [-0.2, 0) is 4.79 Å². The first-order chi connectivity index (χ1) is 8.15. The summed E-state index contributed by atoms with van der Waals surface area (Å²) in [6.07, 6.45) is 3.62. The Hall–Kier alpha value is -1.31. The van der Waals surface area contributed by atoms with Crippen molar-refractivity contribution in [3.63, 3.8) is 0 Å². The molecule has 0 aliphatic heterocycles. The van der Waals surface area contributed by atoms with Gasteiger partial charge in [0.1, 0.15) is 0 Å². The number of amides is 1. The van der Waals surface area contributed by atoms with Crippen LogP contribution in [0.1, 0.15) is 24.8 Å². The number of carbonyl (C=O) groups excluding carboxylic acids is 1. The Balaban J connectivity index is 1.73. The number of hydrogen-bond donors (Lipinski definition) is 0. The molecule has 2 heteroatoms. The molecule has 1 aromatic carbocycles. The zero-order chi connectivity index (χ0) is 12.0. The van der Waals surface area contributed by atoms with Crippen LogP contribution in [0.15, 0.2) is 24.3 Å². The van der Waals surface area contributed by atoms with E-state index in [4.69, 9.17) is 0 Å². The smallest absolute Gasteiger partial charge is 0.229 e. The standard InChI is InChI=1S/C15H19NO/c1-10-4-3-5-14(6-10)16(2)15(17)13-8-11-7-12(11)9-13/h3-6,11-13H,7-9H2,1-2H3. The number of nitrogens with zero attached hydrogens (tertiary/aromatic N) is 1. The third-order valence-corrected chi connectivity index (χ3v) is 4.31. The third-order valence-electron chi connectivity index (χ3n) is 4.31. The van der Waals surface area contributed by atoms with E-state index in [-0.39, 0.29) is 5.92 Å². The van der Waals surface area contributed by atoms with E-state index in [9.17, 15) is 4.79 Å². The van der Waals surface area contributed by atoms with Crippen LogP contribution in [0.5, 0.6) is 0 Å². The van der Waals surface area contributed by atoms with Gasteiger partial charge in [0.2, 0.25) is 5.91 Å². The normalized spacial score (nSPS) is 29.9. The molecule has 0 heterocycles. The molecule has 2 unspecified atom stereocenters. The van der Waals surface area contributed by atoms with Crippen LogP contribution in [-0.4, -0.2) is 13.0 Å². The molecule has 2 aliphatic carbocycles. The Kier molecular flexibility index (Phi) is 2.46. The highest BCUT2D eigenvalue weighted by Gasteiger charge is 2.48. The molecule has 0 radical (unpaired) electrons. The second-order valence-electron chi connectivity index (χ2n) is 5.66. The van der Waals surface area contributed by atoms with Gasteiger partial charge in [-0.25, -0.2) is 0 Å². The molecule has 90 valence electrons. The molecule has 2 nitrogen and oxygen atoms in total. The molecule has 3 rings (SSSR count). The lowest BCUT2D eigenvalue weighted by molar-refractivity contribution is -0.122. The first-order valence-electron chi connectivity index (χ1n) is 6.49. The molecule has 2 atom stereocenters. The van der Waals surface area contributed by atoms with Crippen molar-refractivity contribution in [3.8, 4) is 0 Å². The van der Waals surface area contributed by atoms with Crippen LogP contribution in [0, 0.1) is 24.7 Å². The highest BCUT2D eigenvalue weighted by molar-refractivity contribution is 5.94. The Bertz CT molecular complexity index is 444. The van der Waals surface area contributed by atoms with Gasteiger partial charge in [-0.05, 0) is 55.7 Å². The van der Waals surface area contributed by atoms with Gasteiger partial charge in [-0.15, -0.1) is 0 Å². The fourth-order valence-corrected chi connectivity index (χ4v) is 3.15. The average molecular weight is 229 g/mol. The van der Waals surface area contributed by atoms with Gasteiger partial charge in [-0.3, -0.25) is 4.79 Å². The van der Waals surface area contributed by atoms with Crippen molar-refractivity contribution in [2.75, 3.05) is 11.9 Å². The van der Waals surface area contributed by atoms with E-state index in [1.165, 1.54) is 12.0 Å². The van der Waals surface area contributed by atoms with E-state index in [0.29, 0.717) is 5.91 Å². The van der Waals surface area contributed by atoms with Crippen LogP contribution < -0.4 is 4.90 Å². The minimum atomic E-state index is 0.282. The van der Waals surface area contributed by atoms with E-state index in [1.807, 2.05) is 24.1 Å². The van der Waals surface area contributed by atoms with Gasteiger partial charge in [0.15, 0.2) is 0 Å². The largest absolute Gasteiger partial charge is 0.315 e. The molecule has 1 aromatic rings. The zero-order valence-electron chi connectivity index (χ0n) is 10.5. The molecule has 0 saturated heterocycles. The van der Waals surface area contributed by atoms with Gasteiger partial charge in [0, 0.05) is 18.7 Å². The molecule has 0 aromatic heterocycles. The maximum atomic E-state index is 12.3. The van der Waals surface area contributed by atoms with E-state index >= 15 is 0 Å². The molecular formula is C15H19NO. The molecule has 17 heavy (non-hydrogen) atoms. The maximum absolute atomic E-state index is 12.3. The number of aryl methyl sites for hydroxylation is 1. The van der Waals surface area contributed by atoms with Crippen LogP contribution in [0.3, 0.4) is 0 Å². The molecular weight excluding hydrogens is 210 g/mol. The van der Waals surface area contributed by atoms with Gasteiger partial charge in [0.05, 0.1) is 0 Å². The average Bonchev–Trinajstić information content (AvgIpc) is 2.94. The summed E-state index contributed by atoms with van der Waals surface area (Å²) in [5.41, 5.74) is 2.23. The van der Waals surface area contributed by atoms with Gasteiger partial charge in [-0.2, -0.15) is 0 Å². The minimum Gasteiger partial charge on any atom is -0.315 e. The number of anilines is 1. The van der Waals surface area contributed by atoms with Crippen molar-refractivity contribution >= 4 is 11.6 Å². The lowest BCUT2D eigenvalue weighted by atomic mass is 10.0. The summed E-state index contributed by atoms with van der Waals surface area (Å²) >= 11 is 0. The summed E-state index contributed by atoms with van der Waals surface area (Å²) in [5, 5.41) is 0. The molecule has 0 bridgehead atoms. The van der Waals surface area contributed by atoms with Gasteiger partial charge >= 0.3 is 0 Å². The van der Waals surface area contributed by atoms with Crippen molar-refractivity contribution in [1.29, 1.82) is 0 Å². The summed E-state index contributed by atoms with van der Waals surface area (Å²) < 4.78 is 0. The van der Waals surface area contributed by atoms with E-state index in [1.54, 1.807) is 0 Å². The molecule has 2 saturated carbocycles.